The molecule has 3 aromatic rings. The van der Waals surface area contributed by atoms with Crippen molar-refractivity contribution < 1.29 is 17.6 Å². The van der Waals surface area contributed by atoms with Gasteiger partial charge in [0.2, 0.25) is 5.91 Å². The predicted molar refractivity (Wildman–Crippen MR) is 130 cm³/mol. The summed E-state index contributed by atoms with van der Waals surface area (Å²) in [6.45, 7) is 1.71. The standard InChI is InChI=1S/C21H19Cl2FN2O3S2.CH4/c1-14(21(27)25-11-10-17-3-2-12-30-17)26(20-13-16(23)6-9-19(20)24)31(28,29)18-7-4-15(22)5-8-18;/h2-9,12-14H,10-11H2,1H3,(H,25,27);1H4/t14-;/m1./s1. The summed E-state index contributed by atoms with van der Waals surface area (Å²) < 4.78 is 42.2. The van der Waals surface area contributed by atoms with E-state index in [9.17, 15) is 17.6 Å². The first-order valence-electron chi connectivity index (χ1n) is 9.25. The topological polar surface area (TPSA) is 66.5 Å². The quantitative estimate of drug-likeness (QED) is 0.413. The molecule has 1 N–H and O–H groups in total. The highest BCUT2D eigenvalue weighted by atomic mass is 35.5. The molecular formula is C22H23Cl2FN2O3S2. The van der Waals surface area contributed by atoms with Gasteiger partial charge in [-0.2, -0.15) is 0 Å². The maximum absolute atomic E-state index is 14.7. The van der Waals surface area contributed by atoms with Gasteiger partial charge in [-0.05, 0) is 67.3 Å². The Hall–Kier alpha value is -2.13. The normalized spacial score (nSPS) is 12.0. The number of sulfonamides is 1. The Labute approximate surface area is 201 Å². The van der Waals surface area contributed by atoms with Crippen molar-refractivity contribution in [3.8, 4) is 0 Å². The van der Waals surface area contributed by atoms with E-state index >= 15 is 0 Å². The zero-order valence-electron chi connectivity index (χ0n) is 16.4. The number of nitrogens with one attached hydrogen (secondary N) is 1. The molecule has 0 bridgehead atoms. The number of carbonyl (C=O) groups is 1. The van der Waals surface area contributed by atoms with Gasteiger partial charge < -0.3 is 5.32 Å². The Morgan fingerprint density at radius 3 is 2.41 bits per heavy atom. The summed E-state index contributed by atoms with van der Waals surface area (Å²) in [5.74, 6) is -1.38. The summed E-state index contributed by atoms with van der Waals surface area (Å²) in [4.78, 5) is 13.8. The van der Waals surface area contributed by atoms with Crippen LogP contribution in [0.1, 0.15) is 19.2 Å². The highest BCUT2D eigenvalue weighted by Crippen LogP contribution is 2.31. The lowest BCUT2D eigenvalue weighted by atomic mass is 10.2. The van der Waals surface area contributed by atoms with E-state index in [1.54, 1.807) is 11.3 Å². The second kappa shape index (κ2) is 11.1. The average molecular weight is 517 g/mol. The molecule has 0 aliphatic carbocycles. The smallest absolute Gasteiger partial charge is 0.265 e. The monoisotopic (exact) mass is 516 g/mol. The SMILES string of the molecule is C.C[C@H](C(=O)NCCc1cccs1)N(c1cc(Cl)ccc1F)S(=O)(=O)c1ccc(Cl)cc1. The van der Waals surface area contributed by atoms with Gasteiger partial charge in [-0.3, -0.25) is 9.10 Å². The first kappa shape index (κ1) is 26.1. The Morgan fingerprint density at radius 1 is 1.12 bits per heavy atom. The molecule has 172 valence electrons. The Bertz CT molecular complexity index is 1150. The number of rotatable bonds is 8. The van der Waals surface area contributed by atoms with E-state index in [4.69, 9.17) is 23.2 Å². The number of hydrogen-bond donors (Lipinski definition) is 1. The van der Waals surface area contributed by atoms with Crippen LogP contribution >= 0.6 is 34.5 Å². The van der Waals surface area contributed by atoms with Crippen molar-refractivity contribution in [2.75, 3.05) is 10.8 Å². The lowest BCUT2D eigenvalue weighted by Crippen LogP contribution is -2.48. The fourth-order valence-corrected chi connectivity index (χ4v) is 5.56. The zero-order valence-corrected chi connectivity index (χ0v) is 19.5. The molecule has 2 aromatic carbocycles. The van der Waals surface area contributed by atoms with E-state index in [0.717, 1.165) is 15.2 Å². The van der Waals surface area contributed by atoms with Gasteiger partial charge in [0.05, 0.1) is 10.6 Å². The molecule has 0 saturated heterocycles. The lowest BCUT2D eigenvalue weighted by Gasteiger charge is -2.30. The summed E-state index contributed by atoms with van der Waals surface area (Å²) in [6.07, 6.45) is 0.603. The van der Waals surface area contributed by atoms with Crippen molar-refractivity contribution in [2.24, 2.45) is 0 Å². The Morgan fingerprint density at radius 2 is 1.78 bits per heavy atom. The molecule has 0 spiro atoms. The summed E-state index contributed by atoms with van der Waals surface area (Å²) in [6, 6.07) is 11.6. The van der Waals surface area contributed by atoms with E-state index < -0.39 is 27.8 Å². The minimum atomic E-state index is -4.31. The third kappa shape index (κ3) is 6.01. The highest BCUT2D eigenvalue weighted by Gasteiger charge is 2.35. The van der Waals surface area contributed by atoms with Crippen LogP contribution in [0.4, 0.5) is 10.1 Å². The third-order valence-corrected chi connectivity index (χ3v) is 7.82. The van der Waals surface area contributed by atoms with Crippen molar-refractivity contribution >= 4 is 56.2 Å². The van der Waals surface area contributed by atoms with Crippen LogP contribution < -0.4 is 9.62 Å². The van der Waals surface area contributed by atoms with Gasteiger partial charge in [0.15, 0.2) is 0 Å². The van der Waals surface area contributed by atoms with E-state index in [1.807, 2.05) is 17.5 Å². The van der Waals surface area contributed by atoms with E-state index in [0.29, 0.717) is 18.0 Å². The number of thiophene rings is 1. The van der Waals surface area contributed by atoms with Gasteiger partial charge in [0.25, 0.3) is 10.0 Å². The van der Waals surface area contributed by atoms with Crippen molar-refractivity contribution in [2.45, 2.75) is 31.7 Å². The molecule has 1 amide bonds. The largest absolute Gasteiger partial charge is 0.354 e. The number of nitrogens with zero attached hydrogens (tertiary/aromatic N) is 1. The van der Waals surface area contributed by atoms with Crippen LogP contribution in [-0.2, 0) is 21.2 Å². The number of anilines is 1. The van der Waals surface area contributed by atoms with Crippen molar-refractivity contribution in [1.29, 1.82) is 0 Å². The first-order valence-corrected chi connectivity index (χ1v) is 12.3. The number of hydrogen-bond acceptors (Lipinski definition) is 4. The average Bonchev–Trinajstić information content (AvgIpc) is 3.24. The summed E-state index contributed by atoms with van der Waals surface area (Å²) >= 11 is 13.4. The molecule has 10 heteroatoms. The molecular weight excluding hydrogens is 494 g/mol. The molecule has 0 aliphatic rings. The Kier molecular flexibility index (Phi) is 9.09. The van der Waals surface area contributed by atoms with E-state index in [-0.39, 0.29) is 23.0 Å². The van der Waals surface area contributed by atoms with Crippen LogP contribution in [0.3, 0.4) is 0 Å². The molecule has 0 fully saturated rings. The van der Waals surface area contributed by atoms with E-state index in [2.05, 4.69) is 5.32 Å². The van der Waals surface area contributed by atoms with Gasteiger partial charge in [-0.25, -0.2) is 12.8 Å². The van der Waals surface area contributed by atoms with Gasteiger partial charge in [0.1, 0.15) is 11.9 Å². The number of benzene rings is 2. The highest BCUT2D eigenvalue weighted by molar-refractivity contribution is 7.93. The minimum Gasteiger partial charge on any atom is -0.354 e. The van der Waals surface area contributed by atoms with Crippen molar-refractivity contribution in [3.63, 3.8) is 0 Å². The molecule has 0 aliphatic heterocycles. The predicted octanol–water partition coefficient (Wildman–Crippen LogP) is 5.77. The van der Waals surface area contributed by atoms with Crippen LogP contribution in [-0.4, -0.2) is 26.9 Å². The second-order valence-electron chi connectivity index (χ2n) is 6.65. The van der Waals surface area contributed by atoms with Crippen LogP contribution in [0, 0.1) is 5.82 Å². The molecule has 5 nitrogen and oxygen atoms in total. The molecule has 1 heterocycles. The zero-order chi connectivity index (χ0) is 22.6. The van der Waals surface area contributed by atoms with E-state index in [1.165, 1.54) is 43.3 Å². The summed E-state index contributed by atoms with van der Waals surface area (Å²) in [5, 5.41) is 5.14. The van der Waals surface area contributed by atoms with Gasteiger partial charge in [-0.15, -0.1) is 11.3 Å². The molecule has 32 heavy (non-hydrogen) atoms. The number of carbonyl (C=O) groups excluding carboxylic acids is 1. The van der Waals surface area contributed by atoms with Crippen molar-refractivity contribution in [1.82, 2.24) is 5.32 Å². The second-order valence-corrected chi connectivity index (χ2v) is 10.4. The summed E-state index contributed by atoms with van der Waals surface area (Å²) in [5.41, 5.74) is -0.316. The van der Waals surface area contributed by atoms with Gasteiger partial charge >= 0.3 is 0 Å². The fourth-order valence-electron chi connectivity index (χ4n) is 2.94. The number of halogens is 3. The van der Waals surface area contributed by atoms with Crippen LogP contribution in [0.5, 0.6) is 0 Å². The van der Waals surface area contributed by atoms with Crippen LogP contribution in [0.25, 0.3) is 0 Å². The molecule has 0 radical (unpaired) electrons. The molecule has 1 atom stereocenters. The minimum absolute atomic E-state index is 0. The van der Waals surface area contributed by atoms with Gasteiger partial charge in [-0.1, -0.05) is 36.7 Å². The third-order valence-electron chi connectivity index (χ3n) is 4.50. The first-order chi connectivity index (χ1) is 14.7. The van der Waals surface area contributed by atoms with Crippen LogP contribution in [0.15, 0.2) is 64.9 Å². The fraction of sp³-hybridized carbons (Fsp3) is 0.227. The molecule has 1 aromatic heterocycles. The van der Waals surface area contributed by atoms with Crippen LogP contribution in [0.2, 0.25) is 10.0 Å². The Balaban J connectivity index is 0.00000363. The molecule has 3 rings (SSSR count). The van der Waals surface area contributed by atoms with Crippen molar-refractivity contribution in [3.05, 3.63) is 80.7 Å². The summed E-state index contributed by atoms with van der Waals surface area (Å²) in [7, 11) is -4.31. The maximum atomic E-state index is 14.7. The maximum Gasteiger partial charge on any atom is 0.265 e. The number of amides is 1. The molecule has 0 unspecified atom stereocenters. The molecule has 0 saturated carbocycles. The lowest BCUT2D eigenvalue weighted by molar-refractivity contribution is -0.121. The van der Waals surface area contributed by atoms with Gasteiger partial charge in [0, 0.05) is 21.5 Å².